The average Bonchev–Trinajstić information content (AvgIpc) is 3.35. The molecule has 34 heavy (non-hydrogen) atoms. The van der Waals surface area contributed by atoms with Crippen molar-refractivity contribution in [2.45, 2.75) is 62.9 Å². The van der Waals surface area contributed by atoms with Gasteiger partial charge in [0.1, 0.15) is 29.1 Å². The Hall–Kier alpha value is -3.47. The van der Waals surface area contributed by atoms with E-state index in [-0.39, 0.29) is 29.1 Å². The molecule has 0 radical (unpaired) electrons. The molecule has 0 spiro atoms. The highest BCUT2D eigenvalue weighted by molar-refractivity contribution is 6.00. The Morgan fingerprint density at radius 3 is 2.82 bits per heavy atom. The summed E-state index contributed by atoms with van der Waals surface area (Å²) in [5, 5.41) is 23.8. The molecule has 2 fully saturated rings. The zero-order valence-electron chi connectivity index (χ0n) is 19.1. The Kier molecular flexibility index (Phi) is 5.51. The number of fused-ring (bicyclic) bond motifs is 1. The lowest BCUT2D eigenvalue weighted by atomic mass is 9.90. The molecule has 2 atom stereocenters. The Balaban J connectivity index is 1.46. The van der Waals surface area contributed by atoms with E-state index in [2.05, 4.69) is 26.0 Å². The number of hydrogen-bond acceptors (Lipinski definition) is 7. The SMILES string of the molecule is CNc1cc(Nc2cccn(C3CC(F)C3)c2=O)nc2c(C(=O)NC3CCC[C@]3(C)O)cnn12. The number of aromatic nitrogens is 4. The Labute approximate surface area is 195 Å². The van der Waals surface area contributed by atoms with Gasteiger partial charge < -0.3 is 25.6 Å². The van der Waals surface area contributed by atoms with Crippen molar-refractivity contribution in [3.63, 3.8) is 0 Å². The molecule has 2 saturated carbocycles. The summed E-state index contributed by atoms with van der Waals surface area (Å²) >= 11 is 0. The number of halogens is 1. The van der Waals surface area contributed by atoms with Gasteiger partial charge in [-0.05, 0) is 51.2 Å². The zero-order chi connectivity index (χ0) is 24.0. The van der Waals surface area contributed by atoms with Crippen LogP contribution < -0.4 is 21.5 Å². The van der Waals surface area contributed by atoms with Crippen LogP contribution in [0.4, 0.5) is 21.7 Å². The molecule has 11 heteroatoms. The molecule has 1 amide bonds. The second-order valence-corrected chi connectivity index (χ2v) is 9.33. The van der Waals surface area contributed by atoms with Gasteiger partial charge in [-0.25, -0.2) is 9.37 Å². The maximum Gasteiger partial charge on any atom is 0.274 e. The van der Waals surface area contributed by atoms with Gasteiger partial charge in [0.2, 0.25) is 0 Å². The van der Waals surface area contributed by atoms with E-state index in [0.29, 0.717) is 48.7 Å². The normalized spacial score (nSPS) is 26.3. The number of carbonyl (C=O) groups excluding carboxylic acids is 1. The summed E-state index contributed by atoms with van der Waals surface area (Å²) in [5.41, 5.74) is -0.347. The quantitative estimate of drug-likeness (QED) is 0.437. The van der Waals surface area contributed by atoms with Crippen LogP contribution in [0.3, 0.4) is 0 Å². The van der Waals surface area contributed by atoms with Crippen molar-refractivity contribution < 1.29 is 14.3 Å². The molecule has 2 aliphatic carbocycles. The second kappa shape index (κ2) is 8.39. The minimum atomic E-state index is -0.954. The third-order valence-electron chi connectivity index (χ3n) is 6.89. The van der Waals surface area contributed by atoms with Gasteiger partial charge in [0.15, 0.2) is 5.65 Å². The highest BCUT2D eigenvalue weighted by Crippen LogP contribution is 2.34. The first-order valence-corrected chi connectivity index (χ1v) is 11.5. The molecule has 0 aliphatic heterocycles. The number of carbonyl (C=O) groups is 1. The van der Waals surface area contributed by atoms with E-state index in [1.807, 2.05) is 0 Å². The zero-order valence-corrected chi connectivity index (χ0v) is 19.1. The van der Waals surface area contributed by atoms with Crippen molar-refractivity contribution in [3.8, 4) is 0 Å². The largest absolute Gasteiger partial charge is 0.388 e. The van der Waals surface area contributed by atoms with E-state index in [1.165, 1.54) is 10.7 Å². The number of hydrogen-bond donors (Lipinski definition) is 4. The third-order valence-corrected chi connectivity index (χ3v) is 6.89. The number of amides is 1. The van der Waals surface area contributed by atoms with Crippen molar-refractivity contribution in [1.29, 1.82) is 0 Å². The van der Waals surface area contributed by atoms with Gasteiger partial charge in [-0.1, -0.05) is 0 Å². The molecule has 5 rings (SSSR count). The number of nitrogens with one attached hydrogen (secondary N) is 3. The van der Waals surface area contributed by atoms with Crippen LogP contribution in [0.1, 0.15) is 55.4 Å². The van der Waals surface area contributed by atoms with E-state index in [9.17, 15) is 19.1 Å². The van der Waals surface area contributed by atoms with Crippen LogP contribution >= 0.6 is 0 Å². The molecule has 0 aromatic carbocycles. The van der Waals surface area contributed by atoms with Crippen LogP contribution in [0.2, 0.25) is 0 Å². The summed E-state index contributed by atoms with van der Waals surface area (Å²) in [6.07, 6.45) is 5.07. The van der Waals surface area contributed by atoms with Crippen LogP contribution in [0.5, 0.6) is 0 Å². The number of pyridine rings is 1. The molecule has 0 saturated heterocycles. The second-order valence-electron chi connectivity index (χ2n) is 9.33. The van der Waals surface area contributed by atoms with E-state index in [0.717, 1.165) is 6.42 Å². The molecule has 3 heterocycles. The number of rotatable bonds is 6. The molecule has 1 unspecified atom stereocenters. The van der Waals surface area contributed by atoms with Crippen molar-refractivity contribution in [1.82, 2.24) is 24.5 Å². The van der Waals surface area contributed by atoms with Gasteiger partial charge in [-0.2, -0.15) is 9.61 Å². The smallest absolute Gasteiger partial charge is 0.274 e. The van der Waals surface area contributed by atoms with Crippen LogP contribution in [0.15, 0.2) is 35.4 Å². The number of aliphatic hydroxyl groups is 1. The maximum atomic E-state index is 13.3. The first kappa shape index (κ1) is 22.3. The topological polar surface area (TPSA) is 126 Å². The molecular formula is C23H28FN7O3. The summed E-state index contributed by atoms with van der Waals surface area (Å²) in [5.74, 6) is 0.544. The lowest BCUT2D eigenvalue weighted by Gasteiger charge is -2.31. The summed E-state index contributed by atoms with van der Waals surface area (Å²) in [7, 11) is 1.72. The summed E-state index contributed by atoms with van der Waals surface area (Å²) in [6.45, 7) is 1.73. The molecule has 180 valence electrons. The van der Waals surface area contributed by atoms with Crippen LogP contribution in [-0.4, -0.2) is 55.0 Å². The fraction of sp³-hybridized carbons (Fsp3) is 0.478. The summed E-state index contributed by atoms with van der Waals surface area (Å²) < 4.78 is 16.4. The molecule has 3 aromatic heterocycles. The monoisotopic (exact) mass is 469 g/mol. The van der Waals surface area contributed by atoms with Gasteiger partial charge in [-0.3, -0.25) is 9.59 Å². The fourth-order valence-corrected chi connectivity index (χ4v) is 4.76. The van der Waals surface area contributed by atoms with Crippen molar-refractivity contribution >= 4 is 28.9 Å². The first-order chi connectivity index (χ1) is 16.3. The van der Waals surface area contributed by atoms with Crippen LogP contribution in [0, 0.1) is 0 Å². The van der Waals surface area contributed by atoms with Crippen molar-refractivity contribution in [2.75, 3.05) is 17.7 Å². The molecular weight excluding hydrogens is 441 g/mol. The fourth-order valence-electron chi connectivity index (χ4n) is 4.76. The van der Waals surface area contributed by atoms with Crippen LogP contribution in [-0.2, 0) is 0 Å². The van der Waals surface area contributed by atoms with Gasteiger partial charge in [0.25, 0.3) is 11.5 Å². The number of alkyl halides is 1. The minimum absolute atomic E-state index is 0.148. The van der Waals surface area contributed by atoms with Crippen molar-refractivity contribution in [2.24, 2.45) is 0 Å². The summed E-state index contributed by atoms with van der Waals surface area (Å²) in [6, 6.07) is 4.56. The summed E-state index contributed by atoms with van der Waals surface area (Å²) in [4.78, 5) is 30.5. The van der Waals surface area contributed by atoms with E-state index in [4.69, 9.17) is 0 Å². The van der Waals surface area contributed by atoms with Gasteiger partial charge in [0, 0.05) is 25.4 Å². The molecule has 10 nitrogen and oxygen atoms in total. The Bertz CT molecular complexity index is 1300. The molecule has 3 aromatic rings. The standard InChI is InChI=1S/C23H28FN7O3/c1-23(34)7-3-6-17(23)28-21(32)15-12-26-31-19(25-2)11-18(29-20(15)31)27-16-5-4-8-30(22(16)33)14-9-13(24)10-14/h4-5,8,11-14,17,25,34H,3,6-7,9-10H2,1-2H3,(H,27,29)(H,28,32)/t13?,14?,17?,23-/m0/s1. The van der Waals surface area contributed by atoms with E-state index < -0.39 is 11.8 Å². The lowest BCUT2D eigenvalue weighted by Crippen LogP contribution is -2.47. The number of anilines is 3. The molecule has 4 N–H and O–H groups in total. The van der Waals surface area contributed by atoms with Gasteiger partial charge in [-0.15, -0.1) is 0 Å². The van der Waals surface area contributed by atoms with Crippen LogP contribution in [0.25, 0.3) is 5.65 Å². The Morgan fingerprint density at radius 1 is 1.35 bits per heavy atom. The third kappa shape index (κ3) is 3.89. The average molecular weight is 470 g/mol. The van der Waals surface area contributed by atoms with E-state index >= 15 is 0 Å². The number of nitrogens with zero attached hydrogens (tertiary/aromatic N) is 4. The predicted octanol–water partition coefficient (Wildman–Crippen LogP) is 2.38. The highest BCUT2D eigenvalue weighted by Gasteiger charge is 2.38. The van der Waals surface area contributed by atoms with Gasteiger partial charge >= 0.3 is 0 Å². The van der Waals surface area contributed by atoms with Crippen molar-refractivity contribution in [3.05, 3.63) is 46.5 Å². The first-order valence-electron chi connectivity index (χ1n) is 11.5. The Morgan fingerprint density at radius 2 is 2.15 bits per heavy atom. The maximum absolute atomic E-state index is 13.3. The minimum Gasteiger partial charge on any atom is -0.388 e. The molecule has 0 bridgehead atoms. The highest BCUT2D eigenvalue weighted by atomic mass is 19.1. The van der Waals surface area contributed by atoms with Gasteiger partial charge in [0.05, 0.1) is 17.8 Å². The van der Waals surface area contributed by atoms with E-state index in [1.54, 1.807) is 42.9 Å². The molecule has 2 aliphatic rings. The lowest BCUT2D eigenvalue weighted by molar-refractivity contribution is 0.0368. The predicted molar refractivity (Wildman–Crippen MR) is 125 cm³/mol.